The zero-order valence-corrected chi connectivity index (χ0v) is 19.7. The highest BCUT2D eigenvalue weighted by atomic mass is 16.2. The molecule has 6 heteroatoms. The molecule has 0 radical (unpaired) electrons. The first-order chi connectivity index (χ1) is 15.2. The van der Waals surface area contributed by atoms with Crippen molar-refractivity contribution in [3.8, 4) is 0 Å². The van der Waals surface area contributed by atoms with E-state index in [9.17, 15) is 9.59 Å². The van der Waals surface area contributed by atoms with Crippen molar-refractivity contribution in [1.82, 2.24) is 10.9 Å². The SMILES string of the molecule is CCCCCCCCCCCCCCCCCC(=O)NN.NNC(=O)c1ccccc1. The highest BCUT2D eigenvalue weighted by Crippen LogP contribution is 2.13. The topological polar surface area (TPSA) is 110 Å². The number of benzene rings is 1. The molecule has 6 nitrogen and oxygen atoms in total. The Balaban J connectivity index is 0.000000743. The number of nitrogen functional groups attached to an aromatic ring is 1. The minimum Gasteiger partial charge on any atom is -0.294 e. The van der Waals surface area contributed by atoms with E-state index in [1.54, 1.807) is 24.3 Å². The molecule has 0 unspecified atom stereocenters. The van der Waals surface area contributed by atoms with Crippen LogP contribution in [0.5, 0.6) is 0 Å². The van der Waals surface area contributed by atoms with E-state index in [0.717, 1.165) is 12.8 Å². The zero-order valence-electron chi connectivity index (χ0n) is 19.7. The number of rotatable bonds is 17. The van der Waals surface area contributed by atoms with Gasteiger partial charge >= 0.3 is 0 Å². The lowest BCUT2D eigenvalue weighted by Crippen LogP contribution is -2.29. The van der Waals surface area contributed by atoms with E-state index >= 15 is 0 Å². The van der Waals surface area contributed by atoms with Crippen molar-refractivity contribution in [2.45, 2.75) is 110 Å². The van der Waals surface area contributed by atoms with Crippen LogP contribution < -0.4 is 22.5 Å². The molecule has 6 N–H and O–H groups in total. The molecule has 0 heterocycles. The van der Waals surface area contributed by atoms with Gasteiger partial charge in [-0.05, 0) is 18.6 Å². The number of hydrogen-bond acceptors (Lipinski definition) is 4. The van der Waals surface area contributed by atoms with Crippen LogP contribution in [0.2, 0.25) is 0 Å². The third kappa shape index (κ3) is 19.8. The Morgan fingerprint density at radius 3 is 1.45 bits per heavy atom. The van der Waals surface area contributed by atoms with Crippen molar-refractivity contribution in [1.29, 1.82) is 0 Å². The van der Waals surface area contributed by atoms with Gasteiger partial charge in [-0.15, -0.1) is 0 Å². The Morgan fingerprint density at radius 2 is 1.06 bits per heavy atom. The van der Waals surface area contributed by atoms with Gasteiger partial charge in [0.2, 0.25) is 5.91 Å². The quantitative estimate of drug-likeness (QED) is 0.112. The predicted octanol–water partition coefficient (Wildman–Crippen LogP) is 5.53. The summed E-state index contributed by atoms with van der Waals surface area (Å²) in [5, 5.41) is 0. The summed E-state index contributed by atoms with van der Waals surface area (Å²) in [6, 6.07) is 8.80. The Bertz CT molecular complexity index is 538. The van der Waals surface area contributed by atoms with Crippen molar-refractivity contribution in [3.05, 3.63) is 35.9 Å². The van der Waals surface area contributed by atoms with Gasteiger partial charge < -0.3 is 0 Å². The van der Waals surface area contributed by atoms with Gasteiger partial charge in [0.15, 0.2) is 0 Å². The van der Waals surface area contributed by atoms with E-state index in [4.69, 9.17) is 11.7 Å². The number of unbranched alkanes of at least 4 members (excludes halogenated alkanes) is 14. The molecule has 1 rings (SSSR count). The average Bonchev–Trinajstić information content (AvgIpc) is 2.81. The van der Waals surface area contributed by atoms with Gasteiger partial charge in [-0.2, -0.15) is 0 Å². The van der Waals surface area contributed by atoms with Crippen LogP contribution >= 0.6 is 0 Å². The number of amides is 2. The van der Waals surface area contributed by atoms with Gasteiger partial charge in [-0.3, -0.25) is 20.4 Å². The van der Waals surface area contributed by atoms with E-state index < -0.39 is 0 Å². The largest absolute Gasteiger partial charge is 0.294 e. The number of hydrazine groups is 2. The lowest BCUT2D eigenvalue weighted by atomic mass is 10.0. The molecule has 178 valence electrons. The van der Waals surface area contributed by atoms with Crippen molar-refractivity contribution < 1.29 is 9.59 Å². The molecule has 0 saturated carbocycles. The highest BCUT2D eigenvalue weighted by molar-refractivity contribution is 5.93. The maximum atomic E-state index is 10.9. The normalized spacial score (nSPS) is 10.2. The van der Waals surface area contributed by atoms with Crippen molar-refractivity contribution in [2.24, 2.45) is 11.7 Å². The summed E-state index contributed by atoms with van der Waals surface area (Å²) in [4.78, 5) is 21.7. The molecule has 0 aliphatic rings. The number of nitrogens with one attached hydrogen (secondary N) is 2. The summed E-state index contributed by atoms with van der Waals surface area (Å²) < 4.78 is 0. The molecule has 31 heavy (non-hydrogen) atoms. The number of hydrogen-bond donors (Lipinski definition) is 4. The second kappa shape index (κ2) is 22.8. The van der Waals surface area contributed by atoms with Crippen molar-refractivity contribution in [2.75, 3.05) is 0 Å². The molecule has 1 aromatic rings. The molecule has 0 atom stereocenters. The van der Waals surface area contributed by atoms with Gasteiger partial charge in [0.1, 0.15) is 0 Å². The zero-order chi connectivity index (χ0) is 23.0. The Labute approximate surface area is 189 Å². The number of carbonyl (C=O) groups is 2. The summed E-state index contributed by atoms with van der Waals surface area (Å²) in [5.74, 6) is 9.64. The maximum Gasteiger partial charge on any atom is 0.265 e. The van der Waals surface area contributed by atoms with E-state index in [1.807, 2.05) is 11.5 Å². The van der Waals surface area contributed by atoms with E-state index in [-0.39, 0.29) is 11.8 Å². The third-order valence-electron chi connectivity index (χ3n) is 5.34. The number of carbonyl (C=O) groups excluding carboxylic acids is 2. The highest BCUT2D eigenvalue weighted by Gasteiger charge is 1.99. The molecule has 2 amide bonds. The number of nitrogens with two attached hydrogens (primary N) is 2. The summed E-state index contributed by atoms with van der Waals surface area (Å²) in [5.41, 5.74) is 4.79. The average molecular weight is 435 g/mol. The fourth-order valence-electron chi connectivity index (χ4n) is 3.40. The van der Waals surface area contributed by atoms with Crippen LogP contribution in [0.15, 0.2) is 30.3 Å². The predicted molar refractivity (Wildman–Crippen MR) is 130 cm³/mol. The van der Waals surface area contributed by atoms with Crippen LogP contribution in [0.3, 0.4) is 0 Å². The lowest BCUT2D eigenvalue weighted by Gasteiger charge is -2.03. The molecule has 0 aromatic heterocycles. The maximum absolute atomic E-state index is 10.9. The fourth-order valence-corrected chi connectivity index (χ4v) is 3.40. The molecule has 0 aliphatic heterocycles. The van der Waals surface area contributed by atoms with Gasteiger partial charge in [-0.1, -0.05) is 115 Å². The molecule has 0 aliphatic carbocycles. The standard InChI is InChI=1S/C18H38N2O.C7H8N2O/c1-2-3-4-5-6-7-8-9-10-11-12-13-14-15-16-17-18(21)20-19;8-9-7(10)6-4-2-1-3-5-6/h2-17,19H2,1H3,(H,20,21);1-5H,8H2,(H,9,10). The van der Waals surface area contributed by atoms with Crippen LogP contribution in [0, 0.1) is 0 Å². The third-order valence-corrected chi connectivity index (χ3v) is 5.34. The molecular formula is C25H46N4O2. The fraction of sp³-hybridized carbons (Fsp3) is 0.680. The first kappa shape index (κ1) is 29.1. The minimum absolute atomic E-state index is 0.0373. The van der Waals surface area contributed by atoms with E-state index in [2.05, 4.69) is 12.3 Å². The molecule has 0 fully saturated rings. The van der Waals surface area contributed by atoms with Crippen molar-refractivity contribution >= 4 is 11.8 Å². The summed E-state index contributed by atoms with van der Waals surface area (Å²) in [6.07, 6.45) is 20.8. The van der Waals surface area contributed by atoms with E-state index in [0.29, 0.717) is 12.0 Å². The molecule has 0 bridgehead atoms. The van der Waals surface area contributed by atoms with Gasteiger partial charge in [0.05, 0.1) is 0 Å². The van der Waals surface area contributed by atoms with Gasteiger partial charge in [0, 0.05) is 12.0 Å². The van der Waals surface area contributed by atoms with Crippen LogP contribution in [-0.4, -0.2) is 11.8 Å². The molecule has 0 spiro atoms. The molecule has 0 saturated heterocycles. The Morgan fingerprint density at radius 1 is 0.645 bits per heavy atom. The Hall–Kier alpha value is -1.92. The van der Waals surface area contributed by atoms with Gasteiger partial charge in [-0.25, -0.2) is 11.7 Å². The van der Waals surface area contributed by atoms with Crippen LogP contribution in [0.4, 0.5) is 0 Å². The van der Waals surface area contributed by atoms with E-state index in [1.165, 1.54) is 83.5 Å². The second-order valence-electron chi connectivity index (χ2n) is 8.11. The lowest BCUT2D eigenvalue weighted by molar-refractivity contribution is -0.121. The summed E-state index contributed by atoms with van der Waals surface area (Å²) >= 11 is 0. The van der Waals surface area contributed by atoms with Crippen LogP contribution in [-0.2, 0) is 4.79 Å². The van der Waals surface area contributed by atoms with Crippen LogP contribution in [0.25, 0.3) is 0 Å². The van der Waals surface area contributed by atoms with Gasteiger partial charge in [0.25, 0.3) is 5.91 Å². The van der Waals surface area contributed by atoms with Crippen LogP contribution in [0.1, 0.15) is 120 Å². The second-order valence-corrected chi connectivity index (χ2v) is 8.11. The monoisotopic (exact) mass is 434 g/mol. The molecule has 1 aromatic carbocycles. The first-order valence-corrected chi connectivity index (χ1v) is 12.2. The summed E-state index contributed by atoms with van der Waals surface area (Å²) in [7, 11) is 0. The minimum atomic E-state index is -0.263. The molecular weight excluding hydrogens is 388 g/mol. The first-order valence-electron chi connectivity index (χ1n) is 12.2. The van der Waals surface area contributed by atoms with Crippen molar-refractivity contribution in [3.63, 3.8) is 0 Å². The smallest absolute Gasteiger partial charge is 0.265 e. The Kier molecular flexibility index (Phi) is 21.3. The summed E-state index contributed by atoms with van der Waals surface area (Å²) in [6.45, 7) is 2.27.